The summed E-state index contributed by atoms with van der Waals surface area (Å²) in [6.45, 7) is 11.0. The van der Waals surface area contributed by atoms with Gasteiger partial charge in [0.15, 0.2) is 11.5 Å². The number of aromatic amines is 1. The number of piperazine rings is 1. The topological polar surface area (TPSA) is 186 Å². The van der Waals surface area contributed by atoms with Crippen molar-refractivity contribution in [3.05, 3.63) is 146 Å². The van der Waals surface area contributed by atoms with Crippen molar-refractivity contribution in [1.82, 2.24) is 19.4 Å². The maximum Gasteiger partial charge on any atom is 0.330 e. The van der Waals surface area contributed by atoms with Gasteiger partial charge in [0.2, 0.25) is 11.7 Å². The maximum absolute atomic E-state index is 15.0. The van der Waals surface area contributed by atoms with Crippen molar-refractivity contribution in [2.45, 2.75) is 379 Å². The summed E-state index contributed by atoms with van der Waals surface area (Å²) in [6, 6.07) is 28.8. The number of rotatable bonds is 68. The van der Waals surface area contributed by atoms with Crippen LogP contribution in [0.5, 0.6) is 28.7 Å². The molecule has 2 fully saturated rings. The van der Waals surface area contributed by atoms with Gasteiger partial charge < -0.3 is 47.7 Å². The number of methoxy groups -OCH3 is 2. The molecule has 1 aromatic heterocycles. The van der Waals surface area contributed by atoms with Crippen LogP contribution in [0.3, 0.4) is 0 Å². The minimum atomic E-state index is -1.25. The van der Waals surface area contributed by atoms with E-state index < -0.39 is 41.3 Å². The van der Waals surface area contributed by atoms with Crippen LogP contribution in [-0.4, -0.2) is 116 Å². The van der Waals surface area contributed by atoms with Crippen molar-refractivity contribution in [2.75, 3.05) is 66.8 Å². The number of unbranched alkanes of at least 4 members (excludes halogenated alkanes) is 45. The minimum Gasteiger partial charge on any atom is -0.497 e. The van der Waals surface area contributed by atoms with Gasteiger partial charge >= 0.3 is 11.7 Å². The first-order valence-electron chi connectivity index (χ1n) is 47.2. The number of ether oxygens (including phenoxy) is 8. The number of H-pyrrole nitrogens is 1. The second kappa shape index (κ2) is 59.6. The van der Waals surface area contributed by atoms with Crippen LogP contribution in [0, 0.1) is 6.92 Å². The van der Waals surface area contributed by atoms with Gasteiger partial charge in [0.1, 0.15) is 35.5 Å². The summed E-state index contributed by atoms with van der Waals surface area (Å²) in [7, 11) is 3.22. The fourth-order valence-corrected chi connectivity index (χ4v) is 16.7. The number of benzene rings is 4. The molecule has 17 heteroatoms. The molecule has 7 rings (SSSR count). The Kier molecular flexibility index (Phi) is 49.4. The molecule has 3 heterocycles. The first kappa shape index (κ1) is 97.0. The SMILES string of the molecule is CCCCCCCCCCCCCCCCCCOc1cc(C(=O)N2CCN(C(=O)CCC(=O)O[C@H]3C[C@H](n4cc(C)c(=O)[nH]c4=O)O[C@@H]3COC(c3ccccc3)(c3ccc(OC)cc3)c3ccc(OC)cc3)CC2)cc(OCCCCCCCCCCCCCCCCCC)c1OCCCCCCCCCCCCCCCCCC. The number of hydrogen-bond donors (Lipinski definition) is 1. The van der Waals surface area contributed by atoms with Crippen molar-refractivity contribution in [1.29, 1.82) is 0 Å². The third kappa shape index (κ3) is 36.4. The third-order valence-electron chi connectivity index (χ3n) is 24.0. The summed E-state index contributed by atoms with van der Waals surface area (Å²) in [6.07, 6.45) is 60.3. The molecule has 2 amide bonds. The quantitative estimate of drug-likeness (QED) is 0.0220. The predicted octanol–water partition coefficient (Wildman–Crippen LogP) is 24.8. The number of nitrogens with zero attached hydrogens (tertiary/aromatic N) is 3. The maximum atomic E-state index is 15.0. The van der Waals surface area contributed by atoms with E-state index in [0.717, 1.165) is 55.2 Å². The zero-order chi connectivity index (χ0) is 83.0. The monoisotopic (exact) mass is 1620 g/mol. The number of carbonyl (C=O) groups excluding carboxylic acids is 3. The molecule has 0 unspecified atom stereocenters. The Morgan fingerprint density at radius 1 is 0.444 bits per heavy atom. The predicted molar refractivity (Wildman–Crippen MR) is 476 cm³/mol. The van der Waals surface area contributed by atoms with E-state index in [1.807, 2.05) is 91.0 Å². The van der Waals surface area contributed by atoms with Crippen molar-refractivity contribution < 1.29 is 52.3 Å². The highest BCUT2D eigenvalue weighted by atomic mass is 16.6. The molecule has 0 radical (unpaired) electrons. The number of esters is 1. The average Bonchev–Trinajstić information content (AvgIpc) is 1.13. The molecule has 17 nitrogen and oxygen atoms in total. The molecule has 0 bridgehead atoms. The Morgan fingerprint density at radius 2 is 0.803 bits per heavy atom. The van der Waals surface area contributed by atoms with Gasteiger partial charge in [0.25, 0.3) is 11.5 Å². The van der Waals surface area contributed by atoms with E-state index in [9.17, 15) is 24.0 Å². The summed E-state index contributed by atoms with van der Waals surface area (Å²) < 4.78 is 52.9. The van der Waals surface area contributed by atoms with E-state index in [-0.39, 0.29) is 50.8 Å². The lowest BCUT2D eigenvalue weighted by Gasteiger charge is -2.37. The Morgan fingerprint density at radius 3 is 1.19 bits per heavy atom. The molecule has 2 aliphatic heterocycles. The van der Waals surface area contributed by atoms with Gasteiger partial charge in [-0.05, 0) is 79.3 Å². The molecule has 654 valence electrons. The minimum absolute atomic E-state index is 0.0498. The van der Waals surface area contributed by atoms with Crippen LogP contribution in [-0.2, 0) is 29.4 Å². The lowest BCUT2D eigenvalue weighted by atomic mass is 9.80. The number of aryl methyl sites for hydroxylation is 1. The molecule has 5 aromatic rings. The highest BCUT2D eigenvalue weighted by Gasteiger charge is 2.44. The molecular formula is C100H156N4O13. The zero-order valence-corrected chi connectivity index (χ0v) is 73.8. The van der Waals surface area contributed by atoms with E-state index in [2.05, 4.69) is 25.8 Å². The normalized spacial score (nSPS) is 14.9. The fraction of sp³-hybridized carbons (Fsp3) is 0.690. The summed E-state index contributed by atoms with van der Waals surface area (Å²) >= 11 is 0. The molecule has 1 N–H and O–H groups in total. The standard InChI is InChI=1S/C100H156N4O13/c1-7-10-13-16-19-22-25-28-31-34-37-40-43-46-49-55-74-112-90-77-83(78-91(113-75-56-50-47-44-41-38-35-32-29-26-23-20-17-14-11-8-2)96(90)114-76-57-51-48-45-42-39-36-33-30-27-24-21-18-15-12-9-3)98(108)103-72-70-102(71-73-103)93(105)68-69-95(106)117-89-79-94(104-80-82(4)97(107)101-99(104)109)116-92(89)81-115-100(84-58-53-52-54-59-84,85-60-64-87(110-5)65-61-85)86-62-66-88(111-6)67-63-86/h52-54,58-67,77-78,80,89,92,94H,7-51,55-57,68-76,79,81H2,1-6H3,(H,101,107,109)/t89-,92+,94+/m0/s1. The second-order valence-corrected chi connectivity index (χ2v) is 33.6. The van der Waals surface area contributed by atoms with E-state index in [1.165, 1.54) is 280 Å². The number of hydrogen-bond acceptors (Lipinski definition) is 13. The van der Waals surface area contributed by atoms with E-state index in [1.54, 1.807) is 30.9 Å². The second-order valence-electron chi connectivity index (χ2n) is 33.6. The van der Waals surface area contributed by atoms with Crippen LogP contribution < -0.4 is 34.9 Å². The van der Waals surface area contributed by atoms with Gasteiger partial charge in [-0.2, -0.15) is 0 Å². The molecule has 4 aromatic carbocycles. The third-order valence-corrected chi connectivity index (χ3v) is 24.0. The van der Waals surface area contributed by atoms with Gasteiger partial charge in [-0.1, -0.05) is 364 Å². The molecule has 2 aliphatic rings. The van der Waals surface area contributed by atoms with Gasteiger partial charge in [0, 0.05) is 56.3 Å². The Hall–Kier alpha value is -7.11. The van der Waals surface area contributed by atoms with Crippen LogP contribution >= 0.6 is 0 Å². The summed E-state index contributed by atoms with van der Waals surface area (Å²) in [5, 5.41) is 0. The van der Waals surface area contributed by atoms with Gasteiger partial charge in [-0.3, -0.25) is 28.7 Å². The largest absolute Gasteiger partial charge is 0.497 e. The van der Waals surface area contributed by atoms with Crippen LogP contribution in [0.1, 0.15) is 387 Å². The van der Waals surface area contributed by atoms with Crippen molar-refractivity contribution in [2.24, 2.45) is 0 Å². The molecular weight excluding hydrogens is 1470 g/mol. The first-order chi connectivity index (χ1) is 57.4. The molecule has 0 saturated carbocycles. The summed E-state index contributed by atoms with van der Waals surface area (Å²) in [5.74, 6) is 1.96. The van der Waals surface area contributed by atoms with Crippen LogP contribution in [0.2, 0.25) is 0 Å². The van der Waals surface area contributed by atoms with Gasteiger partial charge in [-0.15, -0.1) is 0 Å². The smallest absolute Gasteiger partial charge is 0.330 e. The highest BCUT2D eigenvalue weighted by Crippen LogP contribution is 2.44. The van der Waals surface area contributed by atoms with E-state index >= 15 is 0 Å². The van der Waals surface area contributed by atoms with Crippen LogP contribution in [0.25, 0.3) is 0 Å². The average molecular weight is 1620 g/mol. The number of aromatic nitrogens is 2. The Balaban J connectivity index is 0.983. The van der Waals surface area contributed by atoms with E-state index in [0.29, 0.717) is 72.8 Å². The van der Waals surface area contributed by atoms with Crippen molar-refractivity contribution >= 4 is 17.8 Å². The summed E-state index contributed by atoms with van der Waals surface area (Å²) in [4.78, 5) is 75.3. The molecule has 0 aliphatic carbocycles. The van der Waals surface area contributed by atoms with Gasteiger partial charge in [0.05, 0.1) is 47.1 Å². The highest BCUT2D eigenvalue weighted by molar-refractivity contribution is 5.96. The van der Waals surface area contributed by atoms with Crippen molar-refractivity contribution in [3.63, 3.8) is 0 Å². The molecule has 117 heavy (non-hydrogen) atoms. The zero-order valence-electron chi connectivity index (χ0n) is 73.8. The van der Waals surface area contributed by atoms with Crippen LogP contribution in [0.15, 0.2) is 107 Å². The fourth-order valence-electron chi connectivity index (χ4n) is 16.7. The number of amides is 2. The Bertz CT molecular complexity index is 3450. The number of nitrogens with one attached hydrogen (secondary N) is 1. The lowest BCUT2D eigenvalue weighted by Crippen LogP contribution is -2.50. The lowest BCUT2D eigenvalue weighted by molar-refractivity contribution is -0.157. The van der Waals surface area contributed by atoms with E-state index in [4.69, 9.17) is 37.9 Å². The molecule has 2 saturated heterocycles. The van der Waals surface area contributed by atoms with Crippen molar-refractivity contribution in [3.8, 4) is 28.7 Å². The molecule has 0 spiro atoms. The Labute approximate surface area is 706 Å². The first-order valence-corrected chi connectivity index (χ1v) is 47.2. The number of carbonyl (C=O) groups is 3. The summed E-state index contributed by atoms with van der Waals surface area (Å²) in [5.41, 5.74) is 0.681. The molecule has 3 atom stereocenters. The van der Waals surface area contributed by atoms with Crippen LogP contribution in [0.4, 0.5) is 0 Å². The van der Waals surface area contributed by atoms with Gasteiger partial charge in [-0.25, -0.2) is 4.79 Å².